The summed E-state index contributed by atoms with van der Waals surface area (Å²) in [5.74, 6) is 0.369. The molecule has 1 aromatic carbocycles. The molecule has 1 saturated carbocycles. The van der Waals surface area contributed by atoms with Crippen LogP contribution in [0.4, 0.5) is 0 Å². The maximum Gasteiger partial charge on any atom is 0.274 e. The Labute approximate surface area is 153 Å². The molecular formula is C20H24N4O2. The topological polar surface area (TPSA) is 67.2 Å². The molecule has 2 aromatic rings. The molecule has 1 aliphatic carbocycles. The van der Waals surface area contributed by atoms with Gasteiger partial charge in [0.15, 0.2) is 5.69 Å². The molecule has 0 radical (unpaired) electrons. The Hall–Kier alpha value is -2.63. The highest BCUT2D eigenvalue weighted by Crippen LogP contribution is 2.40. The standard InChI is InChI=1S/C20H24N4O2/c1-23-18(15-7-8-15)11-17(22-23)20(26)24-10-9-16(13-24)19(25)21-12-14-5-3-2-4-6-14/h2-6,11,15-16H,7-10,12-13H2,1H3,(H,21,25). The van der Waals surface area contributed by atoms with E-state index in [4.69, 9.17) is 0 Å². The summed E-state index contributed by atoms with van der Waals surface area (Å²) in [7, 11) is 1.90. The predicted octanol–water partition coefficient (Wildman–Crippen LogP) is 2.08. The van der Waals surface area contributed by atoms with Gasteiger partial charge in [0.05, 0.1) is 5.92 Å². The highest BCUT2D eigenvalue weighted by Gasteiger charge is 2.34. The minimum absolute atomic E-state index is 0.0174. The van der Waals surface area contributed by atoms with Crippen LogP contribution in [-0.4, -0.2) is 39.6 Å². The van der Waals surface area contributed by atoms with Crippen molar-refractivity contribution in [2.75, 3.05) is 13.1 Å². The van der Waals surface area contributed by atoms with Crippen molar-refractivity contribution in [2.24, 2.45) is 13.0 Å². The summed E-state index contributed by atoms with van der Waals surface area (Å²) in [5, 5.41) is 7.37. The van der Waals surface area contributed by atoms with Crippen LogP contribution in [0.3, 0.4) is 0 Å². The van der Waals surface area contributed by atoms with Crippen LogP contribution in [0.5, 0.6) is 0 Å². The van der Waals surface area contributed by atoms with Gasteiger partial charge >= 0.3 is 0 Å². The van der Waals surface area contributed by atoms with Crippen LogP contribution in [-0.2, 0) is 18.4 Å². The number of carbonyl (C=O) groups excluding carboxylic acids is 2. The Kier molecular flexibility index (Phi) is 4.49. The van der Waals surface area contributed by atoms with Crippen LogP contribution < -0.4 is 5.32 Å². The molecule has 1 unspecified atom stereocenters. The van der Waals surface area contributed by atoms with Gasteiger partial charge in [0, 0.05) is 38.3 Å². The first-order valence-corrected chi connectivity index (χ1v) is 9.26. The number of nitrogens with one attached hydrogen (secondary N) is 1. The van der Waals surface area contributed by atoms with Crippen LogP contribution >= 0.6 is 0 Å². The Balaban J connectivity index is 1.33. The molecule has 0 bridgehead atoms. The average Bonchev–Trinajstić information content (AvgIpc) is 3.24. The van der Waals surface area contributed by atoms with Crippen molar-refractivity contribution in [1.29, 1.82) is 0 Å². The maximum atomic E-state index is 12.7. The van der Waals surface area contributed by atoms with Gasteiger partial charge in [-0.1, -0.05) is 30.3 Å². The summed E-state index contributed by atoms with van der Waals surface area (Å²) < 4.78 is 1.82. The first-order valence-electron chi connectivity index (χ1n) is 9.26. The fourth-order valence-electron chi connectivity index (χ4n) is 3.60. The van der Waals surface area contributed by atoms with Crippen molar-refractivity contribution in [3.63, 3.8) is 0 Å². The number of amides is 2. The van der Waals surface area contributed by atoms with Crippen molar-refractivity contribution >= 4 is 11.8 Å². The highest BCUT2D eigenvalue weighted by molar-refractivity contribution is 5.93. The zero-order valence-corrected chi connectivity index (χ0v) is 15.0. The number of likely N-dealkylation sites (tertiary alicyclic amines) is 1. The van der Waals surface area contributed by atoms with Crippen molar-refractivity contribution in [2.45, 2.75) is 31.7 Å². The Morgan fingerprint density at radius 1 is 1.19 bits per heavy atom. The molecular weight excluding hydrogens is 328 g/mol. The average molecular weight is 352 g/mol. The second-order valence-corrected chi connectivity index (χ2v) is 7.29. The number of hydrogen-bond acceptors (Lipinski definition) is 3. The third-order valence-corrected chi connectivity index (χ3v) is 5.29. The van der Waals surface area contributed by atoms with Gasteiger partial charge in [0.25, 0.3) is 5.91 Å². The van der Waals surface area contributed by atoms with E-state index in [1.165, 1.54) is 12.8 Å². The van der Waals surface area contributed by atoms with E-state index in [-0.39, 0.29) is 17.7 Å². The van der Waals surface area contributed by atoms with Crippen LogP contribution in [0.2, 0.25) is 0 Å². The monoisotopic (exact) mass is 352 g/mol. The van der Waals surface area contributed by atoms with Crippen LogP contribution in [0.1, 0.15) is 46.9 Å². The van der Waals surface area contributed by atoms with Gasteiger partial charge in [-0.15, -0.1) is 0 Å². The second kappa shape index (κ2) is 6.94. The van der Waals surface area contributed by atoms with Crippen molar-refractivity contribution < 1.29 is 9.59 Å². The first-order chi connectivity index (χ1) is 12.6. The van der Waals surface area contributed by atoms with Gasteiger partial charge in [0.2, 0.25) is 5.91 Å². The number of aryl methyl sites for hydroxylation is 1. The smallest absolute Gasteiger partial charge is 0.274 e. The molecule has 2 aliphatic rings. The molecule has 26 heavy (non-hydrogen) atoms. The van der Waals surface area contributed by atoms with Crippen molar-refractivity contribution in [1.82, 2.24) is 20.0 Å². The van der Waals surface area contributed by atoms with Crippen LogP contribution in [0.25, 0.3) is 0 Å². The maximum absolute atomic E-state index is 12.7. The minimum Gasteiger partial charge on any atom is -0.352 e. The number of benzene rings is 1. The molecule has 2 heterocycles. The van der Waals surface area contributed by atoms with Gasteiger partial charge in [-0.3, -0.25) is 14.3 Å². The lowest BCUT2D eigenvalue weighted by molar-refractivity contribution is -0.124. The molecule has 6 nitrogen and oxygen atoms in total. The first kappa shape index (κ1) is 16.8. The van der Waals surface area contributed by atoms with E-state index < -0.39 is 0 Å². The second-order valence-electron chi connectivity index (χ2n) is 7.29. The highest BCUT2D eigenvalue weighted by atomic mass is 16.2. The minimum atomic E-state index is -0.144. The van der Waals surface area contributed by atoms with E-state index in [9.17, 15) is 9.59 Å². The number of nitrogens with zero attached hydrogens (tertiary/aromatic N) is 3. The van der Waals surface area contributed by atoms with E-state index in [2.05, 4.69) is 10.4 Å². The predicted molar refractivity (Wildman–Crippen MR) is 97.5 cm³/mol. The molecule has 1 N–H and O–H groups in total. The molecule has 2 amide bonds. The van der Waals surface area contributed by atoms with Crippen molar-refractivity contribution in [3.05, 3.63) is 53.3 Å². The summed E-state index contributed by atoms with van der Waals surface area (Å²) >= 11 is 0. The third-order valence-electron chi connectivity index (χ3n) is 5.29. The molecule has 1 atom stereocenters. The fourth-order valence-corrected chi connectivity index (χ4v) is 3.60. The number of hydrogen-bond donors (Lipinski definition) is 1. The molecule has 0 spiro atoms. The van der Waals surface area contributed by atoms with E-state index in [0.29, 0.717) is 37.7 Å². The Morgan fingerprint density at radius 3 is 2.69 bits per heavy atom. The third kappa shape index (κ3) is 3.49. The Morgan fingerprint density at radius 2 is 1.96 bits per heavy atom. The number of aromatic nitrogens is 2. The summed E-state index contributed by atoms with van der Waals surface area (Å²) in [6, 6.07) is 11.8. The molecule has 136 valence electrons. The summed E-state index contributed by atoms with van der Waals surface area (Å²) in [4.78, 5) is 26.9. The van der Waals surface area contributed by atoms with E-state index in [0.717, 1.165) is 11.3 Å². The SMILES string of the molecule is Cn1nc(C(=O)N2CCC(C(=O)NCc3ccccc3)C2)cc1C1CC1. The van der Waals surface area contributed by atoms with Gasteiger partial charge in [-0.2, -0.15) is 5.10 Å². The van der Waals surface area contributed by atoms with E-state index in [1.807, 2.05) is 48.1 Å². The van der Waals surface area contributed by atoms with Gasteiger partial charge < -0.3 is 10.2 Å². The van der Waals surface area contributed by atoms with Crippen LogP contribution in [0.15, 0.2) is 36.4 Å². The number of carbonyl (C=O) groups is 2. The van der Waals surface area contributed by atoms with Gasteiger partial charge in [-0.25, -0.2) is 0 Å². The molecule has 1 saturated heterocycles. The lowest BCUT2D eigenvalue weighted by Crippen LogP contribution is -2.34. The summed E-state index contributed by atoms with van der Waals surface area (Å²) in [5.41, 5.74) is 2.72. The molecule has 6 heteroatoms. The normalized spacial score (nSPS) is 19.6. The summed E-state index contributed by atoms with van der Waals surface area (Å²) in [6.45, 7) is 1.60. The summed E-state index contributed by atoms with van der Waals surface area (Å²) in [6.07, 6.45) is 3.07. The Bertz CT molecular complexity index is 810. The molecule has 1 aliphatic heterocycles. The molecule has 4 rings (SSSR count). The quantitative estimate of drug-likeness (QED) is 0.896. The van der Waals surface area contributed by atoms with E-state index in [1.54, 1.807) is 4.90 Å². The molecule has 2 fully saturated rings. The van der Waals surface area contributed by atoms with Crippen molar-refractivity contribution in [3.8, 4) is 0 Å². The van der Waals surface area contributed by atoms with Gasteiger partial charge in [0.1, 0.15) is 0 Å². The zero-order chi connectivity index (χ0) is 18.1. The zero-order valence-electron chi connectivity index (χ0n) is 15.0. The fraction of sp³-hybridized carbons (Fsp3) is 0.450. The molecule has 1 aromatic heterocycles. The lowest BCUT2D eigenvalue weighted by atomic mass is 10.1. The largest absolute Gasteiger partial charge is 0.352 e. The van der Waals surface area contributed by atoms with Crippen LogP contribution in [0, 0.1) is 5.92 Å². The van der Waals surface area contributed by atoms with Gasteiger partial charge in [-0.05, 0) is 30.9 Å². The lowest BCUT2D eigenvalue weighted by Gasteiger charge is -2.15. The number of rotatable bonds is 5. The van der Waals surface area contributed by atoms with E-state index >= 15 is 0 Å².